The lowest BCUT2D eigenvalue weighted by Gasteiger charge is -2.28. The van der Waals surface area contributed by atoms with Crippen LogP contribution in [-0.4, -0.2) is 23.8 Å². The Morgan fingerprint density at radius 1 is 1.19 bits per heavy atom. The molecule has 0 aliphatic carbocycles. The van der Waals surface area contributed by atoms with Gasteiger partial charge in [0.1, 0.15) is 11.9 Å². The maximum absolute atomic E-state index is 13.4. The van der Waals surface area contributed by atoms with Gasteiger partial charge in [-0.05, 0) is 56.2 Å². The zero-order valence-corrected chi connectivity index (χ0v) is 19.1. The number of ether oxygens (including phenoxy) is 1. The number of hydrazone groups is 1. The number of nitrogens with zero attached hydrogens (tertiary/aromatic N) is 2. The molecule has 1 unspecified atom stereocenters. The topological polar surface area (TPSA) is 53.9 Å². The Labute approximate surface area is 187 Å². The van der Waals surface area contributed by atoms with Gasteiger partial charge in [0.2, 0.25) is 5.91 Å². The first kappa shape index (κ1) is 24.8. The van der Waals surface area contributed by atoms with Gasteiger partial charge in [-0.3, -0.25) is 9.80 Å². The summed E-state index contributed by atoms with van der Waals surface area (Å²) in [5, 5.41) is 9.61. The largest absolute Gasteiger partial charge is 0.368 e. The fourth-order valence-electron chi connectivity index (χ4n) is 2.85. The van der Waals surface area contributed by atoms with Crippen molar-refractivity contribution >= 4 is 29.0 Å². The van der Waals surface area contributed by atoms with E-state index in [0.29, 0.717) is 10.9 Å². The lowest BCUT2D eigenvalue weighted by molar-refractivity contribution is -0.122. The predicted octanol–water partition coefficient (Wildman–Crippen LogP) is 5.94. The number of alkyl halides is 2. The van der Waals surface area contributed by atoms with Gasteiger partial charge in [0.25, 0.3) is 5.92 Å². The Kier molecular flexibility index (Phi) is 8.53. The van der Waals surface area contributed by atoms with E-state index in [-0.39, 0.29) is 18.6 Å². The summed E-state index contributed by atoms with van der Waals surface area (Å²) in [5.41, 5.74) is 2.47. The van der Waals surface area contributed by atoms with E-state index in [4.69, 9.17) is 16.3 Å². The van der Waals surface area contributed by atoms with Gasteiger partial charge in [-0.15, -0.1) is 0 Å². The normalized spacial score (nSPS) is 14.1. The number of hydrogen-bond acceptors (Lipinski definition) is 4. The number of carbonyl (C=O) groups is 1. The number of hydrogen-bond donors (Lipinski definition) is 1. The monoisotopic (exact) mass is 451 g/mol. The molecule has 0 radical (unpaired) electrons. The van der Waals surface area contributed by atoms with E-state index < -0.39 is 12.0 Å². The number of anilines is 1. The lowest BCUT2D eigenvalue weighted by atomic mass is 10.0. The van der Waals surface area contributed by atoms with Crippen LogP contribution in [0.3, 0.4) is 0 Å². The standard InChI is InChI=1S/C23H28ClF2N3O2/c1-15(20-8-6-7-19(13-20)14-31-16(2)23(5,25)26)29(28-17(3)27-18(4)30)22-11-9-21(24)10-12-22/h6-13,15-16H,14H2,1-5H3,(H,27,28,30)/t15?,16-/m1/s1. The Morgan fingerprint density at radius 3 is 2.42 bits per heavy atom. The number of amidine groups is 1. The van der Waals surface area contributed by atoms with Crippen LogP contribution in [0.5, 0.6) is 0 Å². The molecule has 2 aromatic carbocycles. The lowest BCUT2D eigenvalue weighted by Crippen LogP contribution is -2.30. The van der Waals surface area contributed by atoms with E-state index in [0.717, 1.165) is 23.7 Å². The van der Waals surface area contributed by atoms with Crippen molar-refractivity contribution in [3.05, 3.63) is 64.7 Å². The van der Waals surface area contributed by atoms with Gasteiger partial charge in [0.05, 0.1) is 18.3 Å². The molecule has 0 aromatic heterocycles. The van der Waals surface area contributed by atoms with E-state index >= 15 is 0 Å². The second-order valence-corrected chi connectivity index (χ2v) is 7.95. The van der Waals surface area contributed by atoms with Crippen LogP contribution >= 0.6 is 11.6 Å². The first-order chi connectivity index (χ1) is 14.5. The average Bonchev–Trinajstić information content (AvgIpc) is 2.69. The van der Waals surface area contributed by atoms with Crippen LogP contribution in [0.4, 0.5) is 14.5 Å². The smallest absolute Gasteiger partial charge is 0.270 e. The average molecular weight is 452 g/mol. The minimum absolute atomic E-state index is 0.0697. The number of rotatable bonds is 8. The van der Waals surface area contributed by atoms with E-state index in [2.05, 4.69) is 10.4 Å². The van der Waals surface area contributed by atoms with Crippen molar-refractivity contribution < 1.29 is 18.3 Å². The molecular weight excluding hydrogens is 424 g/mol. The Bertz CT molecular complexity index is 914. The summed E-state index contributed by atoms with van der Waals surface area (Å²) in [4.78, 5) is 11.4. The fourth-order valence-corrected chi connectivity index (χ4v) is 2.98. The molecular formula is C23H28ClF2N3O2. The molecule has 0 bridgehead atoms. The highest BCUT2D eigenvalue weighted by Gasteiger charge is 2.30. The minimum Gasteiger partial charge on any atom is -0.368 e. The molecule has 2 aromatic rings. The summed E-state index contributed by atoms with van der Waals surface area (Å²) in [5.74, 6) is -2.69. The van der Waals surface area contributed by atoms with E-state index in [9.17, 15) is 13.6 Å². The molecule has 168 valence electrons. The Balaban J connectivity index is 2.30. The molecule has 1 N–H and O–H groups in total. The summed E-state index contributed by atoms with van der Waals surface area (Å²) in [7, 11) is 0. The summed E-state index contributed by atoms with van der Waals surface area (Å²) in [6, 6.07) is 14.5. The quantitative estimate of drug-likeness (QED) is 0.307. The molecule has 0 fully saturated rings. The van der Waals surface area contributed by atoms with Crippen LogP contribution in [-0.2, 0) is 16.1 Å². The molecule has 0 heterocycles. The van der Waals surface area contributed by atoms with Crippen molar-refractivity contribution in [3.63, 3.8) is 0 Å². The van der Waals surface area contributed by atoms with Crippen LogP contribution in [0.15, 0.2) is 53.6 Å². The SMILES string of the molecule is CC(=O)N/C(C)=N/N(c1ccc(Cl)cc1)C(C)c1cccc(CO[C@H](C)C(C)(F)F)c1. The maximum atomic E-state index is 13.4. The number of carbonyl (C=O) groups excluding carboxylic acids is 1. The van der Waals surface area contributed by atoms with Crippen molar-refractivity contribution in [2.75, 3.05) is 5.01 Å². The van der Waals surface area contributed by atoms with E-state index in [1.165, 1.54) is 13.8 Å². The summed E-state index contributed by atoms with van der Waals surface area (Å²) in [6.45, 7) is 7.35. The van der Waals surface area contributed by atoms with Gasteiger partial charge in [-0.25, -0.2) is 8.78 Å². The third-order valence-corrected chi connectivity index (χ3v) is 4.97. The molecule has 0 saturated heterocycles. The van der Waals surface area contributed by atoms with Gasteiger partial charge in [0, 0.05) is 18.9 Å². The molecule has 0 spiro atoms. The number of halogens is 3. The van der Waals surface area contributed by atoms with Crippen molar-refractivity contribution in [1.29, 1.82) is 0 Å². The summed E-state index contributed by atoms with van der Waals surface area (Å²) < 4.78 is 32.1. The highest BCUT2D eigenvalue weighted by molar-refractivity contribution is 6.30. The van der Waals surface area contributed by atoms with Crippen LogP contribution < -0.4 is 10.3 Å². The predicted molar refractivity (Wildman–Crippen MR) is 121 cm³/mol. The zero-order valence-electron chi connectivity index (χ0n) is 18.3. The molecule has 0 saturated carbocycles. The van der Waals surface area contributed by atoms with Gasteiger partial charge in [-0.2, -0.15) is 5.10 Å². The Hall–Kier alpha value is -2.51. The van der Waals surface area contributed by atoms with Crippen LogP contribution in [0, 0.1) is 0 Å². The highest BCUT2D eigenvalue weighted by Crippen LogP contribution is 2.29. The third-order valence-electron chi connectivity index (χ3n) is 4.72. The fraction of sp³-hybridized carbons (Fsp3) is 0.391. The first-order valence-electron chi connectivity index (χ1n) is 9.93. The van der Waals surface area contributed by atoms with E-state index in [1.807, 2.05) is 43.3 Å². The number of amides is 1. The van der Waals surface area contributed by atoms with Crippen LogP contribution in [0.2, 0.25) is 5.02 Å². The van der Waals surface area contributed by atoms with Crippen LogP contribution in [0.1, 0.15) is 51.8 Å². The molecule has 8 heteroatoms. The Morgan fingerprint density at radius 2 is 1.84 bits per heavy atom. The van der Waals surface area contributed by atoms with Gasteiger partial charge >= 0.3 is 0 Å². The molecule has 2 atom stereocenters. The maximum Gasteiger partial charge on any atom is 0.270 e. The van der Waals surface area contributed by atoms with Crippen LogP contribution in [0.25, 0.3) is 0 Å². The molecule has 2 rings (SSSR count). The van der Waals surface area contributed by atoms with Crippen molar-refractivity contribution in [3.8, 4) is 0 Å². The molecule has 1 amide bonds. The second kappa shape index (κ2) is 10.7. The minimum atomic E-state index is -2.91. The van der Waals surface area contributed by atoms with Crippen molar-refractivity contribution in [2.24, 2.45) is 5.10 Å². The second-order valence-electron chi connectivity index (χ2n) is 7.52. The van der Waals surface area contributed by atoms with Gasteiger partial charge < -0.3 is 10.1 Å². The van der Waals surface area contributed by atoms with Gasteiger partial charge in [-0.1, -0.05) is 35.9 Å². The summed E-state index contributed by atoms with van der Waals surface area (Å²) in [6.07, 6.45) is -1.19. The molecule has 31 heavy (non-hydrogen) atoms. The molecule has 5 nitrogen and oxygen atoms in total. The third kappa shape index (κ3) is 7.60. The highest BCUT2D eigenvalue weighted by atomic mass is 35.5. The zero-order chi connectivity index (χ0) is 23.2. The molecule has 0 aliphatic rings. The van der Waals surface area contributed by atoms with Crippen molar-refractivity contribution in [2.45, 2.75) is 59.3 Å². The first-order valence-corrected chi connectivity index (χ1v) is 10.3. The van der Waals surface area contributed by atoms with E-state index in [1.54, 1.807) is 24.1 Å². The number of benzene rings is 2. The molecule has 0 aliphatic heterocycles. The van der Waals surface area contributed by atoms with Gasteiger partial charge in [0.15, 0.2) is 0 Å². The van der Waals surface area contributed by atoms with Crippen molar-refractivity contribution in [1.82, 2.24) is 5.32 Å². The number of nitrogens with one attached hydrogen (secondary N) is 1. The summed E-state index contributed by atoms with van der Waals surface area (Å²) >= 11 is 6.02.